The van der Waals surface area contributed by atoms with Gasteiger partial charge in [-0.25, -0.2) is 8.42 Å². The summed E-state index contributed by atoms with van der Waals surface area (Å²) in [7, 11) is -1.74. The lowest BCUT2D eigenvalue weighted by molar-refractivity contribution is 0.340. The third-order valence-electron chi connectivity index (χ3n) is 4.70. The van der Waals surface area contributed by atoms with Gasteiger partial charge in [0.05, 0.1) is 12.0 Å². The molecule has 2 aliphatic rings. The minimum Gasteiger partial charge on any atom is -0.497 e. The Morgan fingerprint density at radius 2 is 1.83 bits per heavy atom. The second-order valence-electron chi connectivity index (χ2n) is 6.06. The number of hydrogen-bond acceptors (Lipinski definition) is 3. The second kappa shape index (κ2) is 8.00. The van der Waals surface area contributed by atoms with Crippen molar-refractivity contribution in [3.8, 4) is 5.75 Å². The van der Waals surface area contributed by atoms with Crippen LogP contribution in [0.15, 0.2) is 28.0 Å². The predicted octanol–water partition coefficient (Wildman–Crippen LogP) is 5.21. The molecule has 0 bridgehead atoms. The van der Waals surface area contributed by atoms with E-state index in [-0.39, 0.29) is 0 Å². The summed E-state index contributed by atoms with van der Waals surface area (Å²) in [5.41, 5.74) is 0.800. The van der Waals surface area contributed by atoms with Gasteiger partial charge in [-0.1, -0.05) is 46.0 Å². The van der Waals surface area contributed by atoms with Crippen molar-refractivity contribution in [2.75, 3.05) is 7.11 Å². The minimum atomic E-state index is -3.30. The molecular weight excluding hydrogens is 308 g/mol. The Morgan fingerprint density at radius 1 is 1.13 bits per heavy atom. The summed E-state index contributed by atoms with van der Waals surface area (Å²) in [6.07, 6.45) is 9.96. The van der Waals surface area contributed by atoms with Crippen LogP contribution < -0.4 is 4.74 Å². The fourth-order valence-corrected chi connectivity index (χ4v) is 5.07. The average molecular weight is 336 g/mol. The first-order chi connectivity index (χ1) is 11.1. The first-order valence-corrected chi connectivity index (χ1v) is 10.2. The van der Waals surface area contributed by atoms with E-state index >= 15 is 0 Å². The summed E-state index contributed by atoms with van der Waals surface area (Å²) in [5, 5.41) is 0. The molecule has 0 spiro atoms. The summed E-state index contributed by atoms with van der Waals surface area (Å²) in [6.45, 7) is 4.00. The van der Waals surface area contributed by atoms with Crippen molar-refractivity contribution in [2.24, 2.45) is 5.92 Å². The first kappa shape index (κ1) is 18.1. The lowest BCUT2D eigenvalue weighted by atomic mass is 9.86. The SMILES string of the molecule is CC.COc1ccc2c(c1)S(=O)(=O)C(CCC1CCCCC1)=C2. The van der Waals surface area contributed by atoms with Crippen molar-refractivity contribution in [3.05, 3.63) is 28.7 Å². The highest BCUT2D eigenvalue weighted by Crippen LogP contribution is 2.38. The zero-order valence-electron chi connectivity index (χ0n) is 14.5. The maximum atomic E-state index is 12.6. The zero-order valence-corrected chi connectivity index (χ0v) is 15.3. The fraction of sp³-hybridized carbons (Fsp3) is 0.579. The number of ether oxygens (including phenoxy) is 1. The highest BCUT2D eigenvalue weighted by Gasteiger charge is 2.30. The number of methoxy groups -OCH3 is 1. The molecule has 0 aromatic heterocycles. The third kappa shape index (κ3) is 3.97. The van der Waals surface area contributed by atoms with E-state index in [2.05, 4.69) is 0 Å². The van der Waals surface area contributed by atoms with Crippen LogP contribution in [0.4, 0.5) is 0 Å². The summed E-state index contributed by atoms with van der Waals surface area (Å²) < 4.78 is 30.3. The predicted molar refractivity (Wildman–Crippen MR) is 95.3 cm³/mol. The van der Waals surface area contributed by atoms with Crippen molar-refractivity contribution in [2.45, 2.75) is 63.7 Å². The number of sulfone groups is 1. The van der Waals surface area contributed by atoms with Gasteiger partial charge in [0, 0.05) is 4.91 Å². The average Bonchev–Trinajstić information content (AvgIpc) is 2.85. The summed E-state index contributed by atoms with van der Waals surface area (Å²) >= 11 is 0. The molecule has 0 saturated heterocycles. The molecule has 0 amide bonds. The van der Waals surface area contributed by atoms with Crippen LogP contribution in [0.1, 0.15) is 64.4 Å². The standard InChI is InChI=1S/C17H22O3S.C2H6/c1-20-15-9-8-14-11-16(21(18,19)17(14)12-15)10-7-13-5-3-2-4-6-13;1-2/h8-9,11-13H,2-7,10H2,1H3;1-2H3. The quantitative estimate of drug-likeness (QED) is 0.758. The van der Waals surface area contributed by atoms with Gasteiger partial charge in [0.15, 0.2) is 0 Å². The van der Waals surface area contributed by atoms with E-state index in [1.54, 1.807) is 13.2 Å². The smallest absolute Gasteiger partial charge is 0.203 e. The number of benzene rings is 1. The van der Waals surface area contributed by atoms with Crippen molar-refractivity contribution in [3.63, 3.8) is 0 Å². The van der Waals surface area contributed by atoms with E-state index in [4.69, 9.17) is 4.74 Å². The molecule has 23 heavy (non-hydrogen) atoms. The molecule has 3 rings (SSSR count). The molecule has 128 valence electrons. The van der Waals surface area contributed by atoms with Crippen molar-refractivity contribution in [1.82, 2.24) is 0 Å². The molecule has 1 aromatic carbocycles. The number of fused-ring (bicyclic) bond motifs is 1. The molecule has 0 atom stereocenters. The molecule has 1 heterocycles. The van der Waals surface area contributed by atoms with Gasteiger partial charge in [-0.15, -0.1) is 0 Å². The Kier molecular flexibility index (Phi) is 6.28. The normalized spacial score (nSPS) is 19.3. The fourth-order valence-electron chi connectivity index (χ4n) is 3.41. The lowest BCUT2D eigenvalue weighted by Crippen LogP contribution is -2.08. The molecule has 4 heteroatoms. The van der Waals surface area contributed by atoms with Gasteiger partial charge < -0.3 is 4.74 Å². The second-order valence-corrected chi connectivity index (χ2v) is 8.03. The summed E-state index contributed by atoms with van der Waals surface area (Å²) in [4.78, 5) is 0.983. The first-order valence-electron chi connectivity index (χ1n) is 8.75. The number of rotatable bonds is 4. The van der Waals surface area contributed by atoms with E-state index in [0.29, 0.717) is 27.9 Å². The Morgan fingerprint density at radius 3 is 2.48 bits per heavy atom. The van der Waals surface area contributed by atoms with Gasteiger partial charge in [-0.3, -0.25) is 0 Å². The maximum Gasteiger partial charge on any atom is 0.203 e. The van der Waals surface area contributed by atoms with Gasteiger partial charge in [0.25, 0.3) is 0 Å². The number of allylic oxidation sites excluding steroid dienone is 1. The maximum absolute atomic E-state index is 12.6. The van der Waals surface area contributed by atoms with E-state index in [0.717, 1.165) is 12.0 Å². The Hall–Kier alpha value is -1.29. The Bertz CT molecular complexity index is 653. The van der Waals surface area contributed by atoms with E-state index < -0.39 is 9.84 Å². The minimum absolute atomic E-state index is 0.403. The van der Waals surface area contributed by atoms with E-state index in [1.807, 2.05) is 32.1 Å². The molecular formula is C19H28O3S. The van der Waals surface area contributed by atoms with Gasteiger partial charge in [0.2, 0.25) is 9.84 Å². The summed E-state index contributed by atoms with van der Waals surface area (Å²) in [5.74, 6) is 1.30. The zero-order chi connectivity index (χ0) is 16.9. The molecule has 0 radical (unpaired) electrons. The van der Waals surface area contributed by atoms with Crippen LogP contribution >= 0.6 is 0 Å². The van der Waals surface area contributed by atoms with Crippen LogP contribution in [-0.4, -0.2) is 15.5 Å². The monoisotopic (exact) mass is 336 g/mol. The van der Waals surface area contributed by atoms with Crippen molar-refractivity contribution >= 4 is 15.9 Å². The van der Waals surface area contributed by atoms with E-state index in [9.17, 15) is 8.42 Å². The largest absolute Gasteiger partial charge is 0.497 e. The molecule has 1 aliphatic heterocycles. The molecule has 1 saturated carbocycles. The molecule has 0 N–H and O–H groups in total. The molecule has 1 aromatic rings. The summed E-state index contributed by atoms with van der Waals surface area (Å²) in [6, 6.07) is 5.28. The Balaban J connectivity index is 0.000000924. The van der Waals surface area contributed by atoms with Gasteiger partial charge in [0.1, 0.15) is 5.75 Å². The highest BCUT2D eigenvalue weighted by molar-refractivity contribution is 7.95. The molecule has 0 unspecified atom stereocenters. The van der Waals surface area contributed by atoms with Gasteiger partial charge in [-0.2, -0.15) is 0 Å². The van der Waals surface area contributed by atoms with Crippen LogP contribution in [0.2, 0.25) is 0 Å². The van der Waals surface area contributed by atoms with Crippen LogP contribution in [0, 0.1) is 5.92 Å². The van der Waals surface area contributed by atoms with Crippen LogP contribution in [-0.2, 0) is 9.84 Å². The van der Waals surface area contributed by atoms with Crippen molar-refractivity contribution < 1.29 is 13.2 Å². The molecule has 1 fully saturated rings. The van der Waals surface area contributed by atoms with Gasteiger partial charge >= 0.3 is 0 Å². The highest BCUT2D eigenvalue weighted by atomic mass is 32.2. The van der Waals surface area contributed by atoms with Crippen LogP contribution in [0.3, 0.4) is 0 Å². The number of hydrogen-bond donors (Lipinski definition) is 0. The van der Waals surface area contributed by atoms with E-state index in [1.165, 1.54) is 32.1 Å². The van der Waals surface area contributed by atoms with Gasteiger partial charge in [-0.05, 0) is 48.6 Å². The lowest BCUT2D eigenvalue weighted by Gasteiger charge is -2.21. The molecule has 1 aliphatic carbocycles. The topological polar surface area (TPSA) is 43.4 Å². The van der Waals surface area contributed by atoms with Crippen LogP contribution in [0.5, 0.6) is 5.75 Å². The molecule has 3 nitrogen and oxygen atoms in total. The van der Waals surface area contributed by atoms with Crippen LogP contribution in [0.25, 0.3) is 6.08 Å². The Labute approximate surface area is 140 Å². The third-order valence-corrected chi connectivity index (χ3v) is 6.64. The van der Waals surface area contributed by atoms with Crippen molar-refractivity contribution in [1.29, 1.82) is 0 Å².